The molecule has 24 heavy (non-hydrogen) atoms. The largest absolute Gasteiger partial charge is 0.392 e. The van der Waals surface area contributed by atoms with Crippen molar-refractivity contribution in [3.05, 3.63) is 12.2 Å². The van der Waals surface area contributed by atoms with Crippen LogP contribution in [-0.4, -0.2) is 41.6 Å². The van der Waals surface area contributed by atoms with Gasteiger partial charge >= 0.3 is 0 Å². The van der Waals surface area contributed by atoms with E-state index in [4.69, 9.17) is 0 Å². The van der Waals surface area contributed by atoms with Gasteiger partial charge in [-0.05, 0) is 49.9 Å². The Morgan fingerprint density at radius 1 is 1.25 bits per heavy atom. The van der Waals surface area contributed by atoms with Gasteiger partial charge in [0.05, 0.1) is 23.8 Å². The van der Waals surface area contributed by atoms with Gasteiger partial charge in [-0.3, -0.25) is 4.79 Å². The molecule has 0 aromatic rings. The van der Waals surface area contributed by atoms with Crippen molar-refractivity contribution < 1.29 is 18.3 Å². The molecule has 3 aliphatic carbocycles. The van der Waals surface area contributed by atoms with Crippen LogP contribution >= 0.6 is 0 Å². The van der Waals surface area contributed by atoms with E-state index in [2.05, 4.69) is 13.8 Å². The van der Waals surface area contributed by atoms with E-state index >= 15 is 0 Å². The molecule has 1 saturated heterocycles. The van der Waals surface area contributed by atoms with Crippen molar-refractivity contribution >= 4 is 15.9 Å². The van der Waals surface area contributed by atoms with Crippen molar-refractivity contribution in [2.45, 2.75) is 64.5 Å². The van der Waals surface area contributed by atoms with Crippen LogP contribution in [-0.2, 0) is 14.8 Å². The maximum Gasteiger partial charge on any atom is 0.242 e. The highest BCUT2D eigenvalue weighted by Gasteiger charge is 2.72. The summed E-state index contributed by atoms with van der Waals surface area (Å²) in [6.07, 6.45) is 7.49. The summed E-state index contributed by atoms with van der Waals surface area (Å²) < 4.78 is 27.1. The average molecular weight is 353 g/mol. The first kappa shape index (κ1) is 16.6. The number of nitrogens with zero attached hydrogens (tertiary/aromatic N) is 1. The number of rotatable bonds is 1. The molecule has 134 valence electrons. The third-order valence-electron chi connectivity index (χ3n) is 7.60. The molecule has 0 aromatic carbocycles. The second-order valence-electron chi connectivity index (χ2n) is 8.71. The van der Waals surface area contributed by atoms with Crippen molar-refractivity contribution in [1.82, 2.24) is 4.31 Å². The first-order valence-corrected chi connectivity index (χ1v) is 10.7. The summed E-state index contributed by atoms with van der Waals surface area (Å²) in [5.41, 5.74) is -0.330. The third kappa shape index (κ3) is 1.96. The second kappa shape index (κ2) is 5.07. The Bertz CT molecular complexity index is 698. The van der Waals surface area contributed by atoms with E-state index in [0.29, 0.717) is 25.2 Å². The van der Waals surface area contributed by atoms with Gasteiger partial charge in [0.25, 0.3) is 0 Å². The molecule has 4 aliphatic rings. The molecule has 2 bridgehead atoms. The molecule has 5 atom stereocenters. The number of hydrogen-bond acceptors (Lipinski definition) is 4. The lowest BCUT2D eigenvalue weighted by atomic mass is 9.69. The summed E-state index contributed by atoms with van der Waals surface area (Å²) in [5, 5.41) is 10.3. The number of allylic oxidation sites excluding steroid dienone is 1. The second-order valence-corrected chi connectivity index (χ2v) is 10.6. The highest BCUT2D eigenvalue weighted by atomic mass is 32.2. The van der Waals surface area contributed by atoms with Gasteiger partial charge < -0.3 is 5.11 Å². The Kier molecular flexibility index (Phi) is 3.50. The molecule has 5 nitrogen and oxygen atoms in total. The van der Waals surface area contributed by atoms with Gasteiger partial charge in [-0.1, -0.05) is 26.0 Å². The monoisotopic (exact) mass is 353 g/mol. The molecule has 0 radical (unpaired) electrons. The minimum absolute atomic E-state index is 0.0383. The number of amides is 1. The zero-order valence-corrected chi connectivity index (χ0v) is 15.3. The normalized spacial score (nSPS) is 45.2. The molecule has 0 unspecified atom stereocenters. The van der Waals surface area contributed by atoms with Crippen molar-refractivity contribution in [1.29, 1.82) is 0 Å². The molecule has 3 fully saturated rings. The predicted molar refractivity (Wildman–Crippen MR) is 90.5 cm³/mol. The van der Waals surface area contributed by atoms with E-state index in [1.165, 1.54) is 4.31 Å². The Labute approximate surface area is 144 Å². The smallest absolute Gasteiger partial charge is 0.242 e. The fraction of sp³-hybridized carbons (Fsp3) is 0.833. The molecule has 6 heteroatoms. The number of hydrogen-bond donors (Lipinski definition) is 1. The van der Waals surface area contributed by atoms with Gasteiger partial charge in [0.2, 0.25) is 15.9 Å². The zero-order valence-electron chi connectivity index (χ0n) is 14.4. The summed E-state index contributed by atoms with van der Waals surface area (Å²) in [4.78, 5) is 13.2. The molecule has 1 spiro atoms. The van der Waals surface area contributed by atoms with Crippen LogP contribution < -0.4 is 0 Å². The van der Waals surface area contributed by atoms with Crippen molar-refractivity contribution in [2.24, 2.45) is 22.7 Å². The van der Waals surface area contributed by atoms with Crippen LogP contribution in [0.4, 0.5) is 0 Å². The molecule has 1 aliphatic heterocycles. The Morgan fingerprint density at radius 2 is 2.00 bits per heavy atom. The topological polar surface area (TPSA) is 74.7 Å². The van der Waals surface area contributed by atoms with Crippen molar-refractivity contribution in [2.75, 3.05) is 5.75 Å². The minimum atomic E-state index is -3.59. The molecule has 0 aromatic heterocycles. The Balaban J connectivity index is 1.70. The first-order valence-electron chi connectivity index (χ1n) is 9.10. The summed E-state index contributed by atoms with van der Waals surface area (Å²) in [7, 11) is -3.59. The van der Waals surface area contributed by atoms with Crippen LogP contribution in [0.2, 0.25) is 0 Å². The van der Waals surface area contributed by atoms with Crippen molar-refractivity contribution in [3.8, 4) is 0 Å². The van der Waals surface area contributed by atoms with E-state index < -0.39 is 22.0 Å². The molecule has 1 heterocycles. The Morgan fingerprint density at radius 3 is 2.71 bits per heavy atom. The van der Waals surface area contributed by atoms with E-state index in [0.717, 1.165) is 19.3 Å². The first-order chi connectivity index (χ1) is 11.2. The molecule has 4 rings (SSSR count). The quantitative estimate of drug-likeness (QED) is 0.732. The fourth-order valence-corrected chi connectivity index (χ4v) is 8.60. The maximum atomic E-state index is 13.2. The van der Waals surface area contributed by atoms with E-state index in [1.54, 1.807) is 0 Å². The third-order valence-corrected chi connectivity index (χ3v) is 9.51. The van der Waals surface area contributed by atoms with Gasteiger partial charge in [-0.2, -0.15) is 0 Å². The van der Waals surface area contributed by atoms with Gasteiger partial charge in [0, 0.05) is 5.41 Å². The fourth-order valence-electron chi connectivity index (χ4n) is 6.02. The van der Waals surface area contributed by atoms with Crippen LogP contribution in [0.1, 0.15) is 52.4 Å². The van der Waals surface area contributed by atoms with Gasteiger partial charge in [0.1, 0.15) is 0 Å². The van der Waals surface area contributed by atoms with Crippen molar-refractivity contribution in [3.63, 3.8) is 0 Å². The minimum Gasteiger partial charge on any atom is -0.392 e. The standard InChI is InChI=1S/C18H27NO4S/c1-17(2)12-8-9-18(17)11-24(22,23)19(15(18)10-12)16(21)13-6-4-3-5-7-14(13)20/h3,5,12-15,20H,4,6-11H2,1-2H3/t12-,13-,14+,15-,18-/m0/s1. The van der Waals surface area contributed by atoms with E-state index in [9.17, 15) is 18.3 Å². The molecule has 1 N–H and O–H groups in total. The summed E-state index contributed by atoms with van der Waals surface area (Å²) in [6.45, 7) is 4.36. The molecular weight excluding hydrogens is 326 g/mol. The number of aliphatic hydroxyl groups excluding tert-OH is 1. The number of carbonyl (C=O) groups excluding carboxylic acids is 1. The number of carbonyl (C=O) groups is 1. The van der Waals surface area contributed by atoms with Crippen LogP contribution in [0.25, 0.3) is 0 Å². The van der Waals surface area contributed by atoms with Crippen LogP contribution in [0, 0.1) is 22.7 Å². The predicted octanol–water partition coefficient (Wildman–Crippen LogP) is 2.07. The Hall–Kier alpha value is -0.880. The number of aliphatic hydroxyl groups is 1. The van der Waals surface area contributed by atoms with Gasteiger partial charge in [0.15, 0.2) is 0 Å². The lowest BCUT2D eigenvalue weighted by Gasteiger charge is -2.37. The highest BCUT2D eigenvalue weighted by Crippen LogP contribution is 2.70. The highest BCUT2D eigenvalue weighted by molar-refractivity contribution is 7.90. The summed E-state index contributed by atoms with van der Waals surface area (Å²) in [6, 6.07) is -0.202. The maximum absolute atomic E-state index is 13.2. The molecule has 2 saturated carbocycles. The van der Waals surface area contributed by atoms with Crippen LogP contribution in [0.5, 0.6) is 0 Å². The lowest BCUT2D eigenvalue weighted by Crippen LogP contribution is -2.48. The van der Waals surface area contributed by atoms with Gasteiger partial charge in [-0.25, -0.2) is 12.7 Å². The van der Waals surface area contributed by atoms with Crippen LogP contribution in [0.3, 0.4) is 0 Å². The summed E-state index contributed by atoms with van der Waals surface area (Å²) in [5.74, 6) is -0.376. The zero-order chi connectivity index (χ0) is 17.3. The van der Waals surface area contributed by atoms with E-state index in [-0.39, 0.29) is 28.5 Å². The average Bonchev–Trinajstić information content (AvgIpc) is 2.86. The van der Waals surface area contributed by atoms with Gasteiger partial charge in [-0.15, -0.1) is 0 Å². The molecular formula is C18H27NO4S. The SMILES string of the molecule is CC1(C)[C@H]2CC[C@@]13CS(=O)(=O)N(C(=O)[C@H]1CCC=CC[C@H]1O)[C@H]3C2. The van der Waals surface area contributed by atoms with Crippen LogP contribution in [0.15, 0.2) is 12.2 Å². The molecule has 1 amide bonds. The lowest BCUT2D eigenvalue weighted by molar-refractivity contribution is -0.137. The van der Waals surface area contributed by atoms with E-state index in [1.807, 2.05) is 12.2 Å². The number of fused-ring (bicyclic) bond motifs is 1. The number of sulfonamides is 1. The summed E-state index contributed by atoms with van der Waals surface area (Å²) >= 11 is 0.